The Hall–Kier alpha value is -6.58. The maximum atomic E-state index is 4.00. The quantitative estimate of drug-likeness (QED) is 0.152. The van der Waals surface area contributed by atoms with E-state index in [0.717, 1.165) is 8.95 Å². The smallest absolute Gasteiger partial charge is 0.0260 e. The van der Waals surface area contributed by atoms with E-state index in [0.29, 0.717) is 0 Å². The van der Waals surface area contributed by atoms with Crippen molar-refractivity contribution in [2.24, 2.45) is 0 Å². The molecule has 0 fully saturated rings. The SMILES string of the molecule is Brc1ccc(Br)c(-c2ccc3cc4cc5cc6cc7ccccc7cc6cc5cc4cc3c2)c1-c1ccc2cc3cc4cc5cc6ccccc6cc5cc4cc3cc2c1. The topological polar surface area (TPSA) is 0 Å². The van der Waals surface area contributed by atoms with Crippen LogP contribution in [0.3, 0.4) is 0 Å². The van der Waals surface area contributed by atoms with Gasteiger partial charge in [-0.05, 0) is 240 Å². The molecule has 0 aliphatic heterocycles. The van der Waals surface area contributed by atoms with Crippen LogP contribution >= 0.6 is 31.9 Å². The summed E-state index contributed by atoms with van der Waals surface area (Å²) in [4.78, 5) is 0. The van der Waals surface area contributed by atoms with Crippen LogP contribution in [0, 0.1) is 0 Å². The van der Waals surface area contributed by atoms with Crippen molar-refractivity contribution >= 4 is 140 Å². The second kappa shape index (κ2) is 13.0. The zero-order chi connectivity index (χ0) is 39.6. The predicted octanol–water partition coefficient (Wildman–Crippen LogP) is 18.1. The lowest BCUT2D eigenvalue weighted by molar-refractivity contribution is 1.55. The van der Waals surface area contributed by atoms with Gasteiger partial charge in [-0.2, -0.15) is 0 Å². The first-order valence-electron chi connectivity index (χ1n) is 20.4. The highest BCUT2D eigenvalue weighted by Crippen LogP contribution is 2.45. The maximum Gasteiger partial charge on any atom is 0.0260 e. The molecule has 0 N–H and O–H groups in total. The third-order valence-corrected chi connectivity index (χ3v) is 14.1. The van der Waals surface area contributed by atoms with Gasteiger partial charge in [-0.3, -0.25) is 0 Å². The first-order valence-corrected chi connectivity index (χ1v) is 22.0. The molecule has 13 aromatic carbocycles. The molecule has 278 valence electrons. The fraction of sp³-hybridized carbons (Fsp3) is 0. The first-order chi connectivity index (χ1) is 29.4. The minimum absolute atomic E-state index is 1.07. The van der Waals surface area contributed by atoms with Crippen molar-refractivity contribution in [1.82, 2.24) is 0 Å². The van der Waals surface area contributed by atoms with E-state index < -0.39 is 0 Å². The molecule has 0 unspecified atom stereocenters. The number of hydrogen-bond acceptors (Lipinski definition) is 0. The van der Waals surface area contributed by atoms with Crippen molar-refractivity contribution in [2.45, 2.75) is 0 Å². The molecule has 0 amide bonds. The molecule has 60 heavy (non-hydrogen) atoms. The number of benzene rings is 13. The Kier molecular flexibility index (Phi) is 7.41. The normalized spacial score (nSPS) is 12.2. The van der Waals surface area contributed by atoms with Gasteiger partial charge in [0.1, 0.15) is 0 Å². The summed E-state index contributed by atoms with van der Waals surface area (Å²) in [6.45, 7) is 0. The van der Waals surface area contributed by atoms with Crippen LogP contribution in [0.2, 0.25) is 0 Å². The van der Waals surface area contributed by atoms with Gasteiger partial charge in [-0.15, -0.1) is 0 Å². The molecule has 0 saturated carbocycles. The minimum Gasteiger partial charge on any atom is -0.0616 e. The standard InChI is InChI=1S/C58H32Br2/c59-55-13-14-56(60)58(40-12-10-38-20-48-30-52-26-44-16-34-6-2-4-8-36(34)18-46(44)28-54(52)32-50(48)24-42(38)22-40)57(55)39-11-9-37-19-47-29-51-25-43-15-33-5-1-3-7-35(33)17-45(43)27-53(51)31-49(47)23-41(37)21-39/h1-32H. The van der Waals surface area contributed by atoms with Gasteiger partial charge >= 0.3 is 0 Å². The van der Waals surface area contributed by atoms with Gasteiger partial charge in [0.15, 0.2) is 0 Å². The lowest BCUT2D eigenvalue weighted by Crippen LogP contribution is -1.90. The summed E-state index contributed by atoms with van der Waals surface area (Å²) in [7, 11) is 0. The van der Waals surface area contributed by atoms with Gasteiger partial charge in [0, 0.05) is 20.1 Å². The number of rotatable bonds is 2. The Labute approximate surface area is 362 Å². The van der Waals surface area contributed by atoms with Crippen LogP contribution in [0.5, 0.6) is 0 Å². The third-order valence-electron chi connectivity index (χ3n) is 12.8. The molecule has 0 nitrogen and oxygen atoms in total. The molecule has 0 aliphatic carbocycles. The van der Waals surface area contributed by atoms with Crippen LogP contribution in [0.25, 0.3) is 130 Å². The van der Waals surface area contributed by atoms with Crippen LogP contribution in [-0.4, -0.2) is 0 Å². The minimum atomic E-state index is 1.07. The molecule has 0 saturated heterocycles. The average Bonchev–Trinajstić information content (AvgIpc) is 3.26. The average molecular weight is 889 g/mol. The molecule has 0 heterocycles. The summed E-state index contributed by atoms with van der Waals surface area (Å²) in [6.07, 6.45) is 0. The molecule has 0 atom stereocenters. The van der Waals surface area contributed by atoms with Crippen molar-refractivity contribution < 1.29 is 0 Å². The fourth-order valence-corrected chi connectivity index (χ4v) is 10.9. The van der Waals surface area contributed by atoms with E-state index in [-0.39, 0.29) is 0 Å². The molecule has 0 radical (unpaired) electrons. The van der Waals surface area contributed by atoms with Crippen LogP contribution in [0.1, 0.15) is 0 Å². The lowest BCUT2D eigenvalue weighted by atomic mass is 9.90. The van der Waals surface area contributed by atoms with Crippen molar-refractivity contribution in [2.75, 3.05) is 0 Å². The highest BCUT2D eigenvalue weighted by Gasteiger charge is 2.17. The van der Waals surface area contributed by atoms with Gasteiger partial charge in [0.2, 0.25) is 0 Å². The van der Waals surface area contributed by atoms with E-state index >= 15 is 0 Å². The molecule has 0 aromatic heterocycles. The molecule has 0 bridgehead atoms. The monoisotopic (exact) mass is 886 g/mol. The number of fused-ring (bicyclic) bond motifs is 10. The van der Waals surface area contributed by atoms with Gasteiger partial charge in [-0.1, -0.05) is 105 Å². The second-order valence-corrected chi connectivity index (χ2v) is 18.2. The Balaban J connectivity index is 0.922. The van der Waals surface area contributed by atoms with Crippen LogP contribution in [-0.2, 0) is 0 Å². The van der Waals surface area contributed by atoms with Crippen LogP contribution < -0.4 is 0 Å². The van der Waals surface area contributed by atoms with Crippen molar-refractivity contribution in [3.8, 4) is 22.3 Å². The molecule has 2 heteroatoms. The summed E-state index contributed by atoms with van der Waals surface area (Å²) in [5.74, 6) is 0. The summed E-state index contributed by atoms with van der Waals surface area (Å²) >= 11 is 7.99. The number of halogens is 2. The molecule has 0 spiro atoms. The van der Waals surface area contributed by atoms with Crippen molar-refractivity contribution in [1.29, 1.82) is 0 Å². The fourth-order valence-electron chi connectivity index (χ4n) is 9.82. The maximum absolute atomic E-state index is 4.00. The van der Waals surface area contributed by atoms with Gasteiger partial charge < -0.3 is 0 Å². The van der Waals surface area contributed by atoms with E-state index in [2.05, 4.69) is 226 Å². The third kappa shape index (κ3) is 5.48. The Morgan fingerprint density at radius 1 is 0.183 bits per heavy atom. The van der Waals surface area contributed by atoms with Gasteiger partial charge in [0.05, 0.1) is 0 Å². The summed E-state index contributed by atoms with van der Waals surface area (Å²) in [5.41, 5.74) is 4.70. The van der Waals surface area contributed by atoms with E-state index in [9.17, 15) is 0 Å². The summed E-state index contributed by atoms with van der Waals surface area (Å²) in [5, 5.41) is 25.2. The van der Waals surface area contributed by atoms with Crippen molar-refractivity contribution in [3.63, 3.8) is 0 Å². The zero-order valence-corrected chi connectivity index (χ0v) is 35.4. The largest absolute Gasteiger partial charge is 0.0616 e. The van der Waals surface area contributed by atoms with E-state index in [1.807, 2.05) is 0 Å². The molecule has 0 aliphatic rings. The molecule has 13 rings (SSSR count). The molecular weight excluding hydrogens is 856 g/mol. The van der Waals surface area contributed by atoms with Gasteiger partial charge in [0.25, 0.3) is 0 Å². The Morgan fingerprint density at radius 2 is 0.383 bits per heavy atom. The van der Waals surface area contributed by atoms with E-state index in [1.54, 1.807) is 0 Å². The van der Waals surface area contributed by atoms with E-state index in [4.69, 9.17) is 0 Å². The van der Waals surface area contributed by atoms with Crippen molar-refractivity contribution in [3.05, 3.63) is 203 Å². The lowest BCUT2D eigenvalue weighted by Gasteiger charge is -2.17. The molecular formula is C58H32Br2. The second-order valence-electron chi connectivity index (χ2n) is 16.5. The zero-order valence-electron chi connectivity index (χ0n) is 32.2. The molecule has 13 aromatic rings. The Morgan fingerprint density at radius 3 is 0.633 bits per heavy atom. The Bertz CT molecular complexity index is 3760. The number of hydrogen-bond donors (Lipinski definition) is 0. The highest BCUT2D eigenvalue weighted by molar-refractivity contribution is 9.11. The first kappa shape index (κ1) is 34.3. The summed E-state index contributed by atoms with van der Waals surface area (Å²) < 4.78 is 2.13. The highest BCUT2D eigenvalue weighted by atomic mass is 79.9. The van der Waals surface area contributed by atoms with Crippen LogP contribution in [0.15, 0.2) is 203 Å². The van der Waals surface area contributed by atoms with Crippen LogP contribution in [0.4, 0.5) is 0 Å². The van der Waals surface area contributed by atoms with Gasteiger partial charge in [-0.25, -0.2) is 0 Å². The van der Waals surface area contributed by atoms with E-state index in [1.165, 1.54) is 130 Å². The predicted molar refractivity (Wildman–Crippen MR) is 268 cm³/mol. The summed E-state index contributed by atoms with van der Waals surface area (Å²) in [6, 6.07) is 72.8.